The minimum absolute atomic E-state index is 0.163. The average Bonchev–Trinajstić information content (AvgIpc) is 2.46. The molecule has 0 aliphatic rings. The predicted octanol–water partition coefficient (Wildman–Crippen LogP) is 2.75. The van der Waals surface area contributed by atoms with Crippen LogP contribution in [-0.4, -0.2) is 26.8 Å². The lowest BCUT2D eigenvalue weighted by Gasteiger charge is -2.12. The molecular formula is C14H13BrO6. The van der Waals surface area contributed by atoms with Crippen molar-refractivity contribution in [3.05, 3.63) is 32.6 Å². The van der Waals surface area contributed by atoms with Crippen molar-refractivity contribution in [2.45, 2.75) is 6.92 Å². The highest BCUT2D eigenvalue weighted by Gasteiger charge is 2.20. The molecule has 6 nitrogen and oxygen atoms in total. The van der Waals surface area contributed by atoms with Crippen molar-refractivity contribution in [2.75, 3.05) is 20.8 Å². The summed E-state index contributed by atoms with van der Waals surface area (Å²) in [5.74, 6) is -0.0505. The van der Waals surface area contributed by atoms with Gasteiger partial charge in [0.05, 0.1) is 25.3 Å². The third-order valence-corrected chi connectivity index (χ3v) is 3.38. The third-order valence-electron chi connectivity index (χ3n) is 2.79. The summed E-state index contributed by atoms with van der Waals surface area (Å²) in [4.78, 5) is 23.6. The zero-order valence-electron chi connectivity index (χ0n) is 11.7. The van der Waals surface area contributed by atoms with Crippen molar-refractivity contribution in [3.63, 3.8) is 0 Å². The largest absolute Gasteiger partial charge is 0.492 e. The Morgan fingerprint density at radius 3 is 2.48 bits per heavy atom. The molecule has 7 heteroatoms. The van der Waals surface area contributed by atoms with Gasteiger partial charge >= 0.3 is 11.6 Å². The minimum atomic E-state index is -0.788. The van der Waals surface area contributed by atoms with Crippen molar-refractivity contribution in [1.29, 1.82) is 0 Å². The average molecular weight is 357 g/mol. The van der Waals surface area contributed by atoms with Crippen molar-refractivity contribution in [1.82, 2.24) is 0 Å². The second-order valence-corrected chi connectivity index (χ2v) is 4.87. The van der Waals surface area contributed by atoms with E-state index in [4.69, 9.17) is 18.6 Å². The molecule has 0 atom stereocenters. The summed E-state index contributed by atoms with van der Waals surface area (Å²) >= 11 is 3.34. The molecule has 1 heterocycles. The summed E-state index contributed by atoms with van der Waals surface area (Å²) in [5, 5.41) is 0.516. The summed E-state index contributed by atoms with van der Waals surface area (Å²) in [6, 6.07) is 3.08. The fourth-order valence-electron chi connectivity index (χ4n) is 1.91. The summed E-state index contributed by atoms with van der Waals surface area (Å²) in [5.41, 5.74) is -0.748. The number of ether oxygens (including phenoxy) is 3. The molecule has 0 bridgehead atoms. The second kappa shape index (κ2) is 6.17. The van der Waals surface area contributed by atoms with Gasteiger partial charge in [0, 0.05) is 5.39 Å². The maximum Gasteiger partial charge on any atom is 0.351 e. The number of carbonyl (C=O) groups is 1. The molecule has 0 saturated carbocycles. The van der Waals surface area contributed by atoms with Crippen molar-refractivity contribution < 1.29 is 23.4 Å². The highest BCUT2D eigenvalue weighted by molar-refractivity contribution is 9.10. The number of fused-ring (bicyclic) bond motifs is 1. The second-order valence-electron chi connectivity index (χ2n) is 4.01. The van der Waals surface area contributed by atoms with Crippen LogP contribution in [0.25, 0.3) is 11.0 Å². The van der Waals surface area contributed by atoms with Crippen LogP contribution in [0.2, 0.25) is 0 Å². The zero-order chi connectivity index (χ0) is 15.6. The molecule has 1 aromatic heterocycles. The van der Waals surface area contributed by atoms with Gasteiger partial charge in [0.15, 0.2) is 11.3 Å². The Morgan fingerprint density at radius 2 is 1.90 bits per heavy atom. The maximum atomic E-state index is 11.9. The van der Waals surface area contributed by atoms with Crippen LogP contribution in [0.5, 0.6) is 11.5 Å². The number of methoxy groups -OCH3 is 2. The Kier molecular flexibility index (Phi) is 4.52. The Bertz CT molecular complexity index is 749. The number of hydrogen-bond acceptors (Lipinski definition) is 6. The molecule has 0 saturated heterocycles. The summed E-state index contributed by atoms with van der Waals surface area (Å²) in [7, 11) is 2.91. The van der Waals surface area contributed by atoms with E-state index in [1.165, 1.54) is 20.3 Å². The summed E-state index contributed by atoms with van der Waals surface area (Å²) < 4.78 is 21.1. The first-order valence-corrected chi connectivity index (χ1v) is 6.88. The van der Waals surface area contributed by atoms with E-state index in [0.29, 0.717) is 15.6 Å². The molecular weight excluding hydrogens is 344 g/mol. The molecule has 0 aliphatic heterocycles. The molecule has 0 N–H and O–H groups in total. The van der Waals surface area contributed by atoms with Crippen LogP contribution in [0.4, 0.5) is 0 Å². The molecule has 2 rings (SSSR count). The van der Waals surface area contributed by atoms with E-state index >= 15 is 0 Å². The van der Waals surface area contributed by atoms with E-state index in [0.717, 1.165) is 0 Å². The molecule has 0 amide bonds. The van der Waals surface area contributed by atoms with Gasteiger partial charge in [0.25, 0.3) is 0 Å². The standard InChI is InChI=1S/C14H13BrO6/c1-4-20-13(16)8-5-7-6-9(15)11(18-2)12(19-3)10(7)21-14(8)17/h5-6H,4H2,1-3H3. The molecule has 0 aliphatic carbocycles. The Hall–Kier alpha value is -2.02. The van der Waals surface area contributed by atoms with Gasteiger partial charge in [-0.25, -0.2) is 9.59 Å². The van der Waals surface area contributed by atoms with Crippen molar-refractivity contribution in [2.24, 2.45) is 0 Å². The number of benzene rings is 1. The normalized spacial score (nSPS) is 10.5. The Morgan fingerprint density at radius 1 is 1.24 bits per heavy atom. The molecule has 0 unspecified atom stereocenters. The van der Waals surface area contributed by atoms with Gasteiger partial charge in [-0.2, -0.15) is 0 Å². The number of halogens is 1. The number of esters is 1. The van der Waals surface area contributed by atoms with Crippen molar-refractivity contribution in [3.8, 4) is 11.5 Å². The van der Waals surface area contributed by atoms with E-state index in [9.17, 15) is 9.59 Å². The van der Waals surface area contributed by atoms with E-state index in [-0.39, 0.29) is 23.5 Å². The number of hydrogen-bond donors (Lipinski definition) is 0. The first-order valence-electron chi connectivity index (χ1n) is 6.08. The fourth-order valence-corrected chi connectivity index (χ4v) is 2.50. The molecule has 21 heavy (non-hydrogen) atoms. The molecule has 2 aromatic rings. The lowest BCUT2D eigenvalue weighted by Crippen LogP contribution is -2.16. The van der Waals surface area contributed by atoms with E-state index in [1.807, 2.05) is 0 Å². The summed E-state index contributed by atoms with van der Waals surface area (Å²) in [6.07, 6.45) is 0. The predicted molar refractivity (Wildman–Crippen MR) is 79.2 cm³/mol. The number of carbonyl (C=O) groups excluding carboxylic acids is 1. The number of rotatable bonds is 4. The maximum absolute atomic E-state index is 11.9. The van der Waals surface area contributed by atoms with E-state index in [1.54, 1.807) is 13.0 Å². The lowest BCUT2D eigenvalue weighted by molar-refractivity contribution is 0.0521. The van der Waals surface area contributed by atoms with Crippen molar-refractivity contribution >= 4 is 32.9 Å². The molecule has 112 valence electrons. The van der Waals surface area contributed by atoms with Gasteiger partial charge in [-0.3, -0.25) is 0 Å². The van der Waals surface area contributed by atoms with Crippen LogP contribution < -0.4 is 15.1 Å². The Labute approximate surface area is 128 Å². The first kappa shape index (κ1) is 15.4. The highest BCUT2D eigenvalue weighted by Crippen LogP contribution is 2.41. The van der Waals surface area contributed by atoms with Gasteiger partial charge in [0.1, 0.15) is 5.56 Å². The molecule has 0 radical (unpaired) electrons. The minimum Gasteiger partial charge on any atom is -0.492 e. The van der Waals surface area contributed by atoms with Crippen LogP contribution in [0.15, 0.2) is 25.8 Å². The molecule has 0 fully saturated rings. The third kappa shape index (κ3) is 2.73. The molecule has 1 aromatic carbocycles. The van der Waals surface area contributed by atoms with Gasteiger partial charge in [-0.1, -0.05) is 0 Å². The van der Waals surface area contributed by atoms with Crippen LogP contribution in [-0.2, 0) is 4.74 Å². The van der Waals surface area contributed by atoms with Crippen LogP contribution in [0.3, 0.4) is 0 Å². The fraction of sp³-hybridized carbons (Fsp3) is 0.286. The van der Waals surface area contributed by atoms with Gasteiger partial charge in [0.2, 0.25) is 5.75 Å². The van der Waals surface area contributed by atoms with Gasteiger partial charge in [-0.05, 0) is 35.0 Å². The molecule has 0 spiro atoms. The van der Waals surface area contributed by atoms with Crippen LogP contribution in [0.1, 0.15) is 17.3 Å². The smallest absolute Gasteiger partial charge is 0.351 e. The SMILES string of the molecule is CCOC(=O)c1cc2cc(Br)c(OC)c(OC)c2oc1=O. The Balaban J connectivity index is 2.76. The van der Waals surface area contributed by atoms with Gasteiger partial charge < -0.3 is 18.6 Å². The highest BCUT2D eigenvalue weighted by atomic mass is 79.9. The first-order chi connectivity index (χ1) is 10.0. The monoisotopic (exact) mass is 356 g/mol. The lowest BCUT2D eigenvalue weighted by atomic mass is 10.1. The van der Waals surface area contributed by atoms with E-state index in [2.05, 4.69) is 15.9 Å². The van der Waals surface area contributed by atoms with Gasteiger partial charge in [-0.15, -0.1) is 0 Å². The van der Waals surface area contributed by atoms with E-state index < -0.39 is 11.6 Å². The summed E-state index contributed by atoms with van der Waals surface area (Å²) in [6.45, 7) is 1.83. The zero-order valence-corrected chi connectivity index (χ0v) is 13.3. The van der Waals surface area contributed by atoms with Crippen LogP contribution in [0, 0.1) is 0 Å². The quantitative estimate of drug-likeness (QED) is 0.619. The van der Waals surface area contributed by atoms with Crippen LogP contribution >= 0.6 is 15.9 Å². The topological polar surface area (TPSA) is 75.0 Å².